The molecule has 0 amide bonds. The molecule has 150 valence electrons. The van der Waals surface area contributed by atoms with E-state index in [1.807, 2.05) is 60.6 Å². The standard InChI is InChI=1S/C20H20ClN5OS2/c1-26(18-11-23-16-8-4-2-6-14(16)18)19-24-25-20(29-19)28-12-13(27)10-22-17-9-5-3-7-15(17)21/h2-9,11,13,22-23,27H,10,12H2,1H3/t13-/m1/s1. The number of thioether (sulfide) groups is 1. The highest BCUT2D eigenvalue weighted by molar-refractivity contribution is 8.01. The van der Waals surface area contributed by atoms with Crippen LogP contribution in [0.25, 0.3) is 10.9 Å². The summed E-state index contributed by atoms with van der Waals surface area (Å²) in [6.07, 6.45) is 1.44. The Kier molecular flexibility index (Phi) is 6.25. The van der Waals surface area contributed by atoms with Crippen LogP contribution in [0.2, 0.25) is 5.02 Å². The third-order valence-electron chi connectivity index (χ3n) is 4.41. The molecule has 0 aliphatic rings. The number of halogens is 1. The number of anilines is 3. The Bertz CT molecular complexity index is 1100. The van der Waals surface area contributed by atoms with Crippen molar-refractivity contribution >= 4 is 62.1 Å². The first-order chi connectivity index (χ1) is 14.1. The molecule has 0 unspecified atom stereocenters. The second-order valence-corrected chi connectivity index (χ2v) is 9.08. The summed E-state index contributed by atoms with van der Waals surface area (Å²) in [7, 11) is 1.98. The maximum absolute atomic E-state index is 10.3. The molecule has 0 radical (unpaired) electrons. The van der Waals surface area contributed by atoms with Gasteiger partial charge in [0.25, 0.3) is 0 Å². The average Bonchev–Trinajstić information content (AvgIpc) is 3.38. The molecule has 4 rings (SSSR count). The molecule has 9 heteroatoms. The smallest absolute Gasteiger partial charge is 0.213 e. The Labute approximate surface area is 181 Å². The number of hydrogen-bond donors (Lipinski definition) is 3. The summed E-state index contributed by atoms with van der Waals surface area (Å²) in [6, 6.07) is 15.6. The second kappa shape index (κ2) is 9.04. The van der Waals surface area contributed by atoms with Crippen LogP contribution in [0.1, 0.15) is 0 Å². The van der Waals surface area contributed by atoms with Gasteiger partial charge in [0.1, 0.15) is 0 Å². The molecule has 2 aromatic carbocycles. The van der Waals surface area contributed by atoms with E-state index in [1.165, 1.54) is 23.1 Å². The largest absolute Gasteiger partial charge is 0.390 e. The summed E-state index contributed by atoms with van der Waals surface area (Å²) in [5.74, 6) is 0.517. The van der Waals surface area contributed by atoms with Crippen LogP contribution < -0.4 is 10.2 Å². The van der Waals surface area contributed by atoms with Crippen LogP contribution in [-0.2, 0) is 0 Å². The summed E-state index contributed by atoms with van der Waals surface area (Å²) in [5.41, 5.74) is 2.96. The summed E-state index contributed by atoms with van der Waals surface area (Å²) >= 11 is 9.12. The average molecular weight is 446 g/mol. The Morgan fingerprint density at radius 2 is 2.00 bits per heavy atom. The minimum atomic E-state index is -0.532. The number of benzene rings is 2. The predicted molar refractivity (Wildman–Crippen MR) is 123 cm³/mol. The molecule has 2 aromatic heterocycles. The molecule has 0 aliphatic heterocycles. The first-order valence-electron chi connectivity index (χ1n) is 9.04. The van der Waals surface area contributed by atoms with Crippen molar-refractivity contribution in [1.82, 2.24) is 15.2 Å². The highest BCUT2D eigenvalue weighted by Crippen LogP contribution is 2.35. The van der Waals surface area contributed by atoms with E-state index in [0.717, 1.165) is 31.7 Å². The Hall–Kier alpha value is -2.26. The van der Waals surface area contributed by atoms with E-state index in [-0.39, 0.29) is 0 Å². The molecule has 6 nitrogen and oxygen atoms in total. The second-order valence-electron chi connectivity index (χ2n) is 6.45. The molecule has 0 aliphatic carbocycles. The van der Waals surface area contributed by atoms with Gasteiger partial charge in [0, 0.05) is 36.4 Å². The predicted octanol–water partition coefficient (Wildman–Crippen LogP) is 5.01. The van der Waals surface area contributed by atoms with E-state index in [1.54, 1.807) is 0 Å². The Balaban J connectivity index is 1.34. The first kappa shape index (κ1) is 20.0. The van der Waals surface area contributed by atoms with E-state index in [4.69, 9.17) is 11.6 Å². The van der Waals surface area contributed by atoms with Crippen molar-refractivity contribution in [1.29, 1.82) is 0 Å². The first-order valence-corrected chi connectivity index (χ1v) is 11.2. The van der Waals surface area contributed by atoms with Crippen molar-refractivity contribution in [3.05, 3.63) is 59.8 Å². The molecule has 0 bridgehead atoms. The molecular weight excluding hydrogens is 426 g/mol. The van der Waals surface area contributed by atoms with Gasteiger partial charge in [0.15, 0.2) is 4.34 Å². The van der Waals surface area contributed by atoms with Crippen molar-refractivity contribution in [3.8, 4) is 0 Å². The van der Waals surface area contributed by atoms with Gasteiger partial charge in [-0.15, -0.1) is 10.2 Å². The maximum atomic E-state index is 10.3. The molecule has 0 fully saturated rings. The lowest BCUT2D eigenvalue weighted by Crippen LogP contribution is -2.21. The summed E-state index contributed by atoms with van der Waals surface area (Å²) in [6.45, 7) is 0.414. The van der Waals surface area contributed by atoms with Crippen LogP contribution in [0.15, 0.2) is 59.1 Å². The van der Waals surface area contributed by atoms with E-state index in [2.05, 4.69) is 26.6 Å². The van der Waals surface area contributed by atoms with Crippen molar-refractivity contribution in [3.63, 3.8) is 0 Å². The van der Waals surface area contributed by atoms with Gasteiger partial charge in [-0.05, 0) is 18.2 Å². The lowest BCUT2D eigenvalue weighted by Gasteiger charge is -2.13. The molecule has 29 heavy (non-hydrogen) atoms. The van der Waals surface area contributed by atoms with Crippen molar-refractivity contribution in [2.24, 2.45) is 0 Å². The van der Waals surface area contributed by atoms with E-state index in [9.17, 15) is 5.11 Å². The van der Waals surface area contributed by atoms with Crippen LogP contribution >= 0.6 is 34.7 Å². The van der Waals surface area contributed by atoms with Crippen LogP contribution in [0.3, 0.4) is 0 Å². The minimum absolute atomic E-state index is 0.414. The van der Waals surface area contributed by atoms with Crippen LogP contribution in [0, 0.1) is 0 Å². The number of H-pyrrole nitrogens is 1. The third kappa shape index (κ3) is 4.67. The molecule has 0 saturated heterocycles. The Morgan fingerprint density at radius 3 is 2.86 bits per heavy atom. The lowest BCUT2D eigenvalue weighted by atomic mass is 10.2. The van der Waals surface area contributed by atoms with Crippen LogP contribution in [0.5, 0.6) is 0 Å². The van der Waals surface area contributed by atoms with E-state index in [0.29, 0.717) is 17.3 Å². The SMILES string of the molecule is CN(c1nnc(SC[C@H](O)CNc2ccccc2Cl)s1)c1c[nH]c2ccccc12. The summed E-state index contributed by atoms with van der Waals surface area (Å²) in [5, 5.41) is 24.6. The molecule has 0 saturated carbocycles. The molecular formula is C20H20ClN5OS2. The number of aromatic nitrogens is 3. The van der Waals surface area contributed by atoms with Crippen molar-refractivity contribution in [2.75, 3.05) is 29.6 Å². The quantitative estimate of drug-likeness (QED) is 0.331. The number of nitrogens with one attached hydrogen (secondary N) is 2. The maximum Gasteiger partial charge on any atom is 0.213 e. The number of hydrogen-bond acceptors (Lipinski definition) is 7. The number of rotatable bonds is 8. The molecule has 0 spiro atoms. The van der Waals surface area contributed by atoms with Gasteiger partial charge in [-0.25, -0.2) is 0 Å². The van der Waals surface area contributed by atoms with Crippen molar-refractivity contribution in [2.45, 2.75) is 10.4 Å². The van der Waals surface area contributed by atoms with Crippen LogP contribution in [-0.4, -0.2) is 45.7 Å². The zero-order chi connectivity index (χ0) is 20.2. The zero-order valence-corrected chi connectivity index (χ0v) is 18.1. The Morgan fingerprint density at radius 1 is 1.21 bits per heavy atom. The van der Waals surface area contributed by atoms with Gasteiger partial charge in [0.2, 0.25) is 5.13 Å². The highest BCUT2D eigenvalue weighted by atomic mass is 35.5. The number of aliphatic hydroxyl groups excluding tert-OH is 1. The van der Waals surface area contributed by atoms with Gasteiger partial charge in [0.05, 0.1) is 22.5 Å². The number of fused-ring (bicyclic) bond motifs is 1. The van der Waals surface area contributed by atoms with E-state index >= 15 is 0 Å². The number of aliphatic hydroxyl groups is 1. The number of para-hydroxylation sites is 2. The summed E-state index contributed by atoms with van der Waals surface area (Å²) in [4.78, 5) is 5.30. The fourth-order valence-electron chi connectivity index (χ4n) is 2.89. The van der Waals surface area contributed by atoms with Gasteiger partial charge < -0.3 is 20.3 Å². The fourth-order valence-corrected chi connectivity index (χ4v) is 4.86. The number of aromatic amines is 1. The molecule has 1 atom stereocenters. The topological polar surface area (TPSA) is 77.1 Å². The van der Waals surface area contributed by atoms with Gasteiger partial charge in [-0.2, -0.15) is 0 Å². The van der Waals surface area contributed by atoms with Gasteiger partial charge in [-0.1, -0.05) is 65.0 Å². The molecule has 4 aromatic rings. The van der Waals surface area contributed by atoms with E-state index < -0.39 is 6.10 Å². The molecule has 2 heterocycles. The lowest BCUT2D eigenvalue weighted by molar-refractivity contribution is 0.213. The fraction of sp³-hybridized carbons (Fsp3) is 0.200. The van der Waals surface area contributed by atoms with Gasteiger partial charge >= 0.3 is 0 Å². The monoisotopic (exact) mass is 445 g/mol. The van der Waals surface area contributed by atoms with Crippen LogP contribution in [0.4, 0.5) is 16.5 Å². The van der Waals surface area contributed by atoms with Gasteiger partial charge in [-0.3, -0.25) is 0 Å². The molecule has 3 N–H and O–H groups in total. The van der Waals surface area contributed by atoms with Crippen molar-refractivity contribution < 1.29 is 5.11 Å². The zero-order valence-electron chi connectivity index (χ0n) is 15.7. The summed E-state index contributed by atoms with van der Waals surface area (Å²) < 4.78 is 0.823. The third-order valence-corrected chi connectivity index (χ3v) is 7.02. The highest BCUT2D eigenvalue weighted by Gasteiger charge is 2.15. The minimum Gasteiger partial charge on any atom is -0.390 e. The number of nitrogens with zero attached hydrogens (tertiary/aromatic N) is 3. The normalized spacial score (nSPS) is 12.2.